The molecule has 0 radical (unpaired) electrons. The van der Waals surface area contributed by atoms with Crippen LogP contribution in [0.4, 0.5) is 22.9 Å². The zero-order chi connectivity index (χ0) is 26.1. The summed E-state index contributed by atoms with van der Waals surface area (Å²) < 4.78 is 24.4. The molecule has 174 valence electrons. The molecule has 3 aromatic rings. The minimum absolute atomic E-state index is 0.00894. The molecule has 2 aliphatic carbocycles. The summed E-state index contributed by atoms with van der Waals surface area (Å²) in [5, 5.41) is 12.7. The molecule has 0 unspecified atom stereocenters. The standard InChI is InChI=1S/C24H26N8O2/c1-13-27-23-24(10-11-24)31(3)19-16(5-4-6-17(19)32(23)30-13)28-15-9-12-26-20(18(15)22(34)25-2)29-21(33)14-7-8-14/h4-6,9,12,14H,7-8,10-11H2,1-3H3,(H,25,34)(H2,26,28,29,33)/i2D3. The number of rotatable bonds is 5. The highest BCUT2D eigenvalue weighted by Crippen LogP contribution is 2.57. The number of nitrogens with one attached hydrogen (secondary N) is 3. The van der Waals surface area contributed by atoms with Crippen LogP contribution in [0.3, 0.4) is 0 Å². The molecule has 3 aliphatic rings. The van der Waals surface area contributed by atoms with Gasteiger partial charge in [0.2, 0.25) is 5.91 Å². The molecular weight excluding hydrogens is 432 g/mol. The van der Waals surface area contributed by atoms with Gasteiger partial charge in [0.15, 0.2) is 5.82 Å². The van der Waals surface area contributed by atoms with Crippen LogP contribution in [0.15, 0.2) is 30.5 Å². The van der Waals surface area contributed by atoms with Crippen LogP contribution in [0.1, 0.15) is 51.8 Å². The van der Waals surface area contributed by atoms with Gasteiger partial charge in [-0.2, -0.15) is 5.10 Å². The van der Waals surface area contributed by atoms with Gasteiger partial charge in [0.1, 0.15) is 22.7 Å². The smallest absolute Gasteiger partial charge is 0.256 e. The summed E-state index contributed by atoms with van der Waals surface area (Å²) in [6.45, 7) is -0.846. The zero-order valence-electron chi connectivity index (χ0n) is 21.8. The molecular formula is C24H26N8O2. The van der Waals surface area contributed by atoms with Crippen molar-refractivity contribution >= 4 is 34.7 Å². The van der Waals surface area contributed by atoms with E-state index in [1.54, 1.807) is 6.07 Å². The van der Waals surface area contributed by atoms with E-state index >= 15 is 0 Å². The van der Waals surface area contributed by atoms with E-state index < -0.39 is 12.9 Å². The van der Waals surface area contributed by atoms with Gasteiger partial charge in [-0.1, -0.05) is 6.07 Å². The Morgan fingerprint density at radius 1 is 1.21 bits per heavy atom. The summed E-state index contributed by atoms with van der Waals surface area (Å²) in [6, 6.07) is 7.30. The normalized spacial score (nSPS) is 18.8. The van der Waals surface area contributed by atoms with Crippen molar-refractivity contribution in [3.63, 3.8) is 0 Å². The molecule has 3 N–H and O–H groups in total. The van der Waals surface area contributed by atoms with E-state index in [0.717, 1.165) is 42.9 Å². The van der Waals surface area contributed by atoms with E-state index in [1.165, 1.54) is 6.20 Å². The summed E-state index contributed by atoms with van der Waals surface area (Å²) >= 11 is 0. The van der Waals surface area contributed by atoms with Crippen molar-refractivity contribution in [3.8, 4) is 5.69 Å². The number of carbonyl (C=O) groups is 2. The molecule has 2 aromatic heterocycles. The van der Waals surface area contributed by atoms with Gasteiger partial charge in [-0.25, -0.2) is 14.6 Å². The number of amides is 2. The Morgan fingerprint density at radius 2 is 2.03 bits per heavy atom. The Labute approximate surface area is 201 Å². The molecule has 0 atom stereocenters. The number of pyridine rings is 1. The summed E-state index contributed by atoms with van der Waals surface area (Å²) in [6.07, 6.45) is 4.89. The van der Waals surface area contributed by atoms with Crippen LogP contribution in [0.25, 0.3) is 5.69 Å². The molecule has 2 fully saturated rings. The number of para-hydroxylation sites is 1. The van der Waals surface area contributed by atoms with Crippen molar-refractivity contribution in [2.24, 2.45) is 5.92 Å². The van der Waals surface area contributed by atoms with Gasteiger partial charge in [0.25, 0.3) is 5.91 Å². The molecule has 0 saturated heterocycles. The Morgan fingerprint density at radius 3 is 2.76 bits per heavy atom. The lowest BCUT2D eigenvalue weighted by Gasteiger charge is -2.37. The highest BCUT2D eigenvalue weighted by molar-refractivity contribution is 6.08. The third kappa shape index (κ3) is 3.05. The second-order valence-corrected chi connectivity index (χ2v) is 9.08. The number of nitrogens with zero attached hydrogens (tertiary/aromatic N) is 5. The molecule has 2 saturated carbocycles. The van der Waals surface area contributed by atoms with E-state index in [0.29, 0.717) is 17.2 Å². The van der Waals surface area contributed by atoms with E-state index in [4.69, 9.17) is 9.10 Å². The van der Waals surface area contributed by atoms with Gasteiger partial charge >= 0.3 is 0 Å². The Bertz CT molecular complexity index is 1440. The molecule has 10 heteroatoms. The van der Waals surface area contributed by atoms with Gasteiger partial charge in [-0.05, 0) is 50.8 Å². The maximum Gasteiger partial charge on any atom is 0.256 e. The second-order valence-electron chi connectivity index (χ2n) is 9.08. The van der Waals surface area contributed by atoms with Crippen molar-refractivity contribution in [2.45, 2.75) is 38.1 Å². The Balaban J connectivity index is 1.44. The number of aryl methyl sites for hydroxylation is 1. The SMILES string of the molecule is [2H]C([2H])([2H])NC(=O)c1c(Nc2cccc3c2N(C)C2(CC2)c2nc(C)nn2-3)ccnc1NC(=O)C1CC1. The molecule has 0 bridgehead atoms. The minimum Gasteiger partial charge on any atom is -0.358 e. The summed E-state index contributed by atoms with van der Waals surface area (Å²) in [5.41, 5.74) is 2.41. The fourth-order valence-electron chi connectivity index (χ4n) is 4.74. The van der Waals surface area contributed by atoms with Crippen molar-refractivity contribution in [2.75, 3.05) is 29.6 Å². The largest absolute Gasteiger partial charge is 0.358 e. The predicted octanol–water partition coefficient (Wildman–Crippen LogP) is 2.86. The van der Waals surface area contributed by atoms with Crippen LogP contribution >= 0.6 is 0 Å². The zero-order valence-corrected chi connectivity index (χ0v) is 18.8. The van der Waals surface area contributed by atoms with E-state index in [9.17, 15) is 9.59 Å². The maximum atomic E-state index is 13.2. The van der Waals surface area contributed by atoms with Crippen LogP contribution < -0.4 is 20.9 Å². The van der Waals surface area contributed by atoms with Gasteiger partial charge < -0.3 is 20.9 Å². The predicted molar refractivity (Wildman–Crippen MR) is 128 cm³/mol. The number of hydrogen-bond donors (Lipinski definition) is 3. The number of hydrogen-bond acceptors (Lipinski definition) is 7. The van der Waals surface area contributed by atoms with E-state index in [-0.39, 0.29) is 28.7 Å². The molecule has 3 heterocycles. The third-order valence-corrected chi connectivity index (χ3v) is 6.82. The van der Waals surface area contributed by atoms with Crippen molar-refractivity contribution < 1.29 is 13.7 Å². The summed E-state index contributed by atoms with van der Waals surface area (Å²) in [5.74, 6) is 0.372. The monoisotopic (exact) mass is 461 g/mol. The average Bonchev–Trinajstić information content (AvgIpc) is 3.75. The van der Waals surface area contributed by atoms with Gasteiger partial charge in [0, 0.05) is 30.3 Å². The fraction of sp³-hybridized carbons (Fsp3) is 0.375. The molecule has 10 nitrogen and oxygen atoms in total. The second kappa shape index (κ2) is 7.28. The first-order valence-electron chi connectivity index (χ1n) is 12.8. The average molecular weight is 462 g/mol. The number of carbonyl (C=O) groups excluding carboxylic acids is 2. The van der Waals surface area contributed by atoms with Crippen molar-refractivity contribution in [1.82, 2.24) is 25.1 Å². The third-order valence-electron chi connectivity index (χ3n) is 6.82. The topological polar surface area (TPSA) is 117 Å². The molecule has 1 aromatic carbocycles. The lowest BCUT2D eigenvalue weighted by atomic mass is 10.1. The van der Waals surface area contributed by atoms with Crippen LogP contribution in [0.5, 0.6) is 0 Å². The Kier molecular flexibility index (Phi) is 3.75. The first kappa shape index (κ1) is 17.5. The number of fused-ring (bicyclic) bond motifs is 4. The van der Waals surface area contributed by atoms with Gasteiger partial charge in [-0.15, -0.1) is 0 Å². The highest BCUT2D eigenvalue weighted by atomic mass is 16.2. The number of benzene rings is 1. The van der Waals surface area contributed by atoms with Gasteiger partial charge in [0.05, 0.1) is 22.7 Å². The quantitative estimate of drug-likeness (QED) is 0.535. The van der Waals surface area contributed by atoms with Crippen LogP contribution in [0, 0.1) is 12.8 Å². The van der Waals surface area contributed by atoms with Crippen LogP contribution in [0.2, 0.25) is 0 Å². The maximum absolute atomic E-state index is 13.2. The van der Waals surface area contributed by atoms with Crippen molar-refractivity contribution in [3.05, 3.63) is 47.7 Å². The lowest BCUT2D eigenvalue weighted by Crippen LogP contribution is -2.39. The minimum atomic E-state index is -2.71. The summed E-state index contributed by atoms with van der Waals surface area (Å²) in [4.78, 5) is 36.7. The van der Waals surface area contributed by atoms with E-state index in [2.05, 4.69) is 25.6 Å². The first-order valence-corrected chi connectivity index (χ1v) is 11.3. The first-order chi connectivity index (χ1) is 17.6. The lowest BCUT2D eigenvalue weighted by molar-refractivity contribution is -0.117. The number of anilines is 4. The van der Waals surface area contributed by atoms with E-state index in [1.807, 2.05) is 42.2 Å². The van der Waals surface area contributed by atoms with Crippen LogP contribution in [-0.2, 0) is 10.3 Å². The van der Waals surface area contributed by atoms with Crippen molar-refractivity contribution in [1.29, 1.82) is 0 Å². The molecule has 1 aliphatic heterocycles. The molecule has 1 spiro atoms. The van der Waals surface area contributed by atoms with Crippen LogP contribution in [-0.4, -0.2) is 45.6 Å². The molecule has 34 heavy (non-hydrogen) atoms. The van der Waals surface area contributed by atoms with Gasteiger partial charge in [-0.3, -0.25) is 9.59 Å². The fourth-order valence-corrected chi connectivity index (χ4v) is 4.74. The Hall–Kier alpha value is -3.95. The summed E-state index contributed by atoms with van der Waals surface area (Å²) in [7, 11) is 2.01. The highest BCUT2D eigenvalue weighted by Gasteiger charge is 2.55. The molecule has 2 amide bonds. The number of aromatic nitrogens is 4. The molecule has 6 rings (SSSR count).